The lowest BCUT2D eigenvalue weighted by Crippen LogP contribution is -2.17. The fourth-order valence-electron chi connectivity index (χ4n) is 2.82. The van der Waals surface area contributed by atoms with Crippen LogP contribution in [0.25, 0.3) is 0 Å². The number of amides is 1. The zero-order valence-corrected chi connectivity index (χ0v) is 19.5. The number of carbonyl (C=O) groups excluding carboxylic acids is 2. The highest BCUT2D eigenvalue weighted by Gasteiger charge is 2.16. The number of esters is 1. The molecule has 0 saturated carbocycles. The number of ether oxygens (including phenoxy) is 1. The molecule has 3 rings (SSSR count). The number of para-hydroxylation sites is 1. The Hall–Kier alpha value is -3.04. The van der Waals surface area contributed by atoms with Crippen molar-refractivity contribution in [2.24, 2.45) is 0 Å². The van der Waals surface area contributed by atoms with Gasteiger partial charge in [0.2, 0.25) is 5.91 Å². The summed E-state index contributed by atoms with van der Waals surface area (Å²) in [4.78, 5) is 25.5. The highest BCUT2D eigenvalue weighted by atomic mass is 32.2. The van der Waals surface area contributed by atoms with Crippen LogP contribution in [0, 0.1) is 6.92 Å². The van der Waals surface area contributed by atoms with Crippen molar-refractivity contribution in [1.29, 1.82) is 0 Å². The van der Waals surface area contributed by atoms with Crippen molar-refractivity contribution >= 4 is 41.1 Å². The molecule has 0 aliphatic heterocycles. The first-order valence-electron chi connectivity index (χ1n) is 9.84. The summed E-state index contributed by atoms with van der Waals surface area (Å²) in [5, 5.41) is 12.0. The van der Waals surface area contributed by atoms with Gasteiger partial charge in [0.05, 0.1) is 29.9 Å². The number of thioether (sulfide) groups is 2. The maximum Gasteiger partial charge on any atom is 0.339 e. The molecule has 0 saturated heterocycles. The van der Waals surface area contributed by atoms with E-state index < -0.39 is 5.97 Å². The van der Waals surface area contributed by atoms with E-state index >= 15 is 0 Å². The minimum Gasteiger partial charge on any atom is -0.465 e. The molecule has 166 valence electrons. The number of anilines is 1. The number of benzene rings is 2. The zero-order chi connectivity index (χ0) is 22.9. The van der Waals surface area contributed by atoms with Gasteiger partial charge in [-0.15, -0.1) is 28.5 Å². The van der Waals surface area contributed by atoms with Crippen molar-refractivity contribution in [2.75, 3.05) is 18.2 Å². The van der Waals surface area contributed by atoms with Gasteiger partial charge in [0, 0.05) is 11.4 Å². The molecule has 9 heteroatoms. The molecule has 0 aliphatic carbocycles. The van der Waals surface area contributed by atoms with Crippen molar-refractivity contribution in [3.05, 3.63) is 78.1 Å². The van der Waals surface area contributed by atoms with E-state index in [2.05, 4.69) is 53.3 Å². The Bertz CT molecular complexity index is 1100. The lowest BCUT2D eigenvalue weighted by atomic mass is 10.2. The quantitative estimate of drug-likeness (QED) is 0.265. The molecule has 7 nitrogen and oxygen atoms in total. The van der Waals surface area contributed by atoms with Gasteiger partial charge < -0.3 is 14.6 Å². The number of methoxy groups -OCH3 is 1. The molecule has 3 aromatic rings. The number of nitrogens with zero attached hydrogens (tertiary/aromatic N) is 3. The largest absolute Gasteiger partial charge is 0.465 e. The van der Waals surface area contributed by atoms with Gasteiger partial charge in [-0.3, -0.25) is 4.79 Å². The molecule has 2 aromatic carbocycles. The van der Waals surface area contributed by atoms with E-state index in [9.17, 15) is 9.59 Å². The lowest BCUT2D eigenvalue weighted by Gasteiger charge is -2.10. The SMILES string of the molecule is C=CCn1c(CSc2ccc(C)cc2)nnc1SCC(=O)Nc1ccccc1C(=O)OC. The van der Waals surface area contributed by atoms with Gasteiger partial charge in [-0.1, -0.05) is 47.7 Å². The second-order valence-corrected chi connectivity index (χ2v) is 8.77. The lowest BCUT2D eigenvalue weighted by molar-refractivity contribution is -0.113. The fraction of sp³-hybridized carbons (Fsp3) is 0.217. The average Bonchev–Trinajstić information content (AvgIpc) is 3.19. The molecule has 0 atom stereocenters. The average molecular weight is 469 g/mol. The maximum absolute atomic E-state index is 12.5. The molecular formula is C23H24N4O3S2. The number of hydrogen-bond acceptors (Lipinski definition) is 7. The summed E-state index contributed by atoms with van der Waals surface area (Å²) < 4.78 is 6.72. The van der Waals surface area contributed by atoms with E-state index in [0.717, 1.165) is 10.7 Å². The third kappa shape index (κ3) is 6.24. The second-order valence-electron chi connectivity index (χ2n) is 6.77. The molecule has 0 fully saturated rings. The third-order valence-corrected chi connectivity index (χ3v) is 6.41. The van der Waals surface area contributed by atoms with E-state index in [1.165, 1.54) is 24.4 Å². The third-order valence-electron chi connectivity index (χ3n) is 4.43. The minimum absolute atomic E-state index is 0.121. The highest BCUT2D eigenvalue weighted by Crippen LogP contribution is 2.25. The van der Waals surface area contributed by atoms with Gasteiger partial charge in [-0.05, 0) is 31.2 Å². The number of nitrogens with one attached hydrogen (secondary N) is 1. The number of aryl methyl sites for hydroxylation is 1. The molecule has 1 amide bonds. The van der Waals surface area contributed by atoms with Crippen LogP contribution >= 0.6 is 23.5 Å². The normalized spacial score (nSPS) is 10.6. The topological polar surface area (TPSA) is 86.1 Å². The van der Waals surface area contributed by atoms with Crippen molar-refractivity contribution in [2.45, 2.75) is 29.3 Å². The summed E-state index contributed by atoms with van der Waals surface area (Å²) in [6.07, 6.45) is 1.78. The first kappa shape index (κ1) is 23.6. The Morgan fingerprint density at radius 1 is 1.12 bits per heavy atom. The van der Waals surface area contributed by atoms with Gasteiger partial charge in [0.25, 0.3) is 0 Å². The summed E-state index contributed by atoms with van der Waals surface area (Å²) in [6, 6.07) is 15.0. The first-order chi connectivity index (χ1) is 15.5. The van der Waals surface area contributed by atoms with Crippen LogP contribution in [0.4, 0.5) is 5.69 Å². The van der Waals surface area contributed by atoms with Crippen LogP contribution in [-0.4, -0.2) is 39.5 Å². The van der Waals surface area contributed by atoms with E-state index in [-0.39, 0.29) is 11.7 Å². The van der Waals surface area contributed by atoms with Gasteiger partial charge in [-0.25, -0.2) is 4.79 Å². The Labute approximate surface area is 195 Å². The Morgan fingerprint density at radius 2 is 1.88 bits per heavy atom. The number of allylic oxidation sites excluding steroid dienone is 1. The predicted molar refractivity (Wildman–Crippen MR) is 128 cm³/mol. The van der Waals surface area contributed by atoms with E-state index in [1.807, 2.05) is 4.57 Å². The molecule has 0 radical (unpaired) electrons. The molecule has 1 N–H and O–H groups in total. The van der Waals surface area contributed by atoms with Crippen molar-refractivity contribution in [3.63, 3.8) is 0 Å². The van der Waals surface area contributed by atoms with Crippen molar-refractivity contribution < 1.29 is 14.3 Å². The van der Waals surface area contributed by atoms with Crippen LogP contribution < -0.4 is 5.32 Å². The number of aromatic nitrogens is 3. The Kier molecular flexibility index (Phi) is 8.52. The molecule has 32 heavy (non-hydrogen) atoms. The van der Waals surface area contributed by atoms with Crippen LogP contribution in [0.2, 0.25) is 0 Å². The Balaban J connectivity index is 1.63. The van der Waals surface area contributed by atoms with E-state index in [4.69, 9.17) is 4.74 Å². The molecular weight excluding hydrogens is 444 g/mol. The van der Waals surface area contributed by atoms with Crippen LogP contribution in [0.15, 0.2) is 71.2 Å². The first-order valence-corrected chi connectivity index (χ1v) is 11.8. The fourth-order valence-corrected chi connectivity index (χ4v) is 4.43. The number of carbonyl (C=O) groups is 2. The molecule has 1 heterocycles. The van der Waals surface area contributed by atoms with E-state index in [1.54, 1.807) is 42.1 Å². The van der Waals surface area contributed by atoms with Gasteiger partial charge in [-0.2, -0.15) is 0 Å². The predicted octanol–water partition coefficient (Wildman–Crippen LogP) is 4.58. The summed E-state index contributed by atoms with van der Waals surface area (Å²) in [5.41, 5.74) is 1.93. The van der Waals surface area contributed by atoms with Gasteiger partial charge in [0.1, 0.15) is 5.82 Å². The van der Waals surface area contributed by atoms with Crippen LogP contribution in [0.3, 0.4) is 0 Å². The second kappa shape index (κ2) is 11.5. The van der Waals surface area contributed by atoms with Crippen molar-refractivity contribution in [3.8, 4) is 0 Å². The summed E-state index contributed by atoms with van der Waals surface area (Å²) in [5.74, 6) is 0.832. The monoisotopic (exact) mass is 468 g/mol. The molecule has 1 aromatic heterocycles. The number of rotatable bonds is 10. The molecule has 0 bridgehead atoms. The minimum atomic E-state index is -0.505. The van der Waals surface area contributed by atoms with Crippen molar-refractivity contribution in [1.82, 2.24) is 14.8 Å². The summed E-state index contributed by atoms with van der Waals surface area (Å²) in [6.45, 7) is 6.42. The highest BCUT2D eigenvalue weighted by molar-refractivity contribution is 7.99. The van der Waals surface area contributed by atoms with Gasteiger partial charge in [0.15, 0.2) is 5.16 Å². The zero-order valence-electron chi connectivity index (χ0n) is 17.9. The standard InChI is InChI=1S/C23H24N4O3S2/c1-4-13-27-20(14-31-17-11-9-16(2)10-12-17)25-26-23(27)32-15-21(28)24-19-8-6-5-7-18(19)22(29)30-3/h4-12H,1,13-15H2,2-3H3,(H,24,28). The molecule has 0 unspecified atom stereocenters. The van der Waals surface area contributed by atoms with Crippen LogP contribution in [0.5, 0.6) is 0 Å². The van der Waals surface area contributed by atoms with Gasteiger partial charge >= 0.3 is 5.97 Å². The van der Waals surface area contributed by atoms with Crippen LogP contribution in [-0.2, 0) is 21.8 Å². The number of hydrogen-bond donors (Lipinski definition) is 1. The van der Waals surface area contributed by atoms with E-state index in [0.29, 0.717) is 28.7 Å². The van der Waals surface area contributed by atoms with Crippen LogP contribution in [0.1, 0.15) is 21.7 Å². The Morgan fingerprint density at radius 3 is 2.59 bits per heavy atom. The maximum atomic E-state index is 12.5. The molecule has 0 aliphatic rings. The smallest absolute Gasteiger partial charge is 0.339 e. The summed E-state index contributed by atoms with van der Waals surface area (Å²) in [7, 11) is 1.30. The summed E-state index contributed by atoms with van der Waals surface area (Å²) >= 11 is 2.96. The molecule has 0 spiro atoms.